The van der Waals surface area contributed by atoms with Crippen LogP contribution in [-0.4, -0.2) is 32.1 Å². The fraction of sp³-hybridized carbons (Fsp3) is 0.125. The number of hydrogen-bond donors (Lipinski definition) is 2. The number of phenolic OH excluding ortho intramolecular Hbond substituents is 2. The zero-order valence-electron chi connectivity index (χ0n) is 12.0. The van der Waals surface area contributed by atoms with Crippen molar-refractivity contribution in [2.24, 2.45) is 0 Å². The van der Waals surface area contributed by atoms with Crippen molar-refractivity contribution in [3.05, 3.63) is 60.2 Å². The molecule has 3 rings (SSSR count). The second-order valence-corrected chi connectivity index (χ2v) is 4.79. The van der Waals surface area contributed by atoms with Crippen molar-refractivity contribution in [1.82, 2.24) is 14.8 Å². The Kier molecular flexibility index (Phi) is 3.65. The minimum Gasteiger partial charge on any atom is -0.508 e. The zero-order chi connectivity index (χ0) is 15.5. The highest BCUT2D eigenvalue weighted by atomic mass is 16.5. The third-order valence-electron chi connectivity index (χ3n) is 3.31. The molecule has 1 heterocycles. The summed E-state index contributed by atoms with van der Waals surface area (Å²) in [6.07, 6.45) is 2.03. The van der Waals surface area contributed by atoms with E-state index in [1.165, 1.54) is 19.5 Å². The molecular formula is C16H15N3O3. The molecule has 0 spiro atoms. The van der Waals surface area contributed by atoms with Gasteiger partial charge in [0.2, 0.25) is 0 Å². The molecular weight excluding hydrogens is 282 g/mol. The lowest BCUT2D eigenvalue weighted by atomic mass is 10.1. The second-order valence-electron chi connectivity index (χ2n) is 4.79. The van der Waals surface area contributed by atoms with Gasteiger partial charge in [-0.2, -0.15) is 5.10 Å². The molecule has 3 aromatic rings. The lowest BCUT2D eigenvalue weighted by Crippen LogP contribution is -2.05. The van der Waals surface area contributed by atoms with Gasteiger partial charge in [-0.25, -0.2) is 9.67 Å². The van der Waals surface area contributed by atoms with Gasteiger partial charge >= 0.3 is 0 Å². The Bertz CT molecular complexity index is 782. The first-order chi connectivity index (χ1) is 10.7. The SMILES string of the molecule is COc1cc(O)ccc1-n1ncnc1Cc1ccc(O)cc1. The third kappa shape index (κ3) is 2.71. The average molecular weight is 297 g/mol. The second kappa shape index (κ2) is 5.77. The number of rotatable bonds is 4. The number of ether oxygens (including phenoxy) is 1. The number of aromatic nitrogens is 3. The number of phenols is 2. The molecule has 0 aliphatic rings. The monoisotopic (exact) mass is 297 g/mol. The summed E-state index contributed by atoms with van der Waals surface area (Å²) in [7, 11) is 1.54. The minimum absolute atomic E-state index is 0.126. The van der Waals surface area contributed by atoms with Gasteiger partial charge in [-0.3, -0.25) is 0 Å². The van der Waals surface area contributed by atoms with Gasteiger partial charge < -0.3 is 14.9 Å². The summed E-state index contributed by atoms with van der Waals surface area (Å²) in [4.78, 5) is 4.28. The molecule has 2 aromatic carbocycles. The summed E-state index contributed by atoms with van der Waals surface area (Å²) in [5.41, 5.74) is 1.70. The van der Waals surface area contributed by atoms with Crippen LogP contribution in [0.1, 0.15) is 11.4 Å². The molecule has 6 nitrogen and oxygen atoms in total. The van der Waals surface area contributed by atoms with Gasteiger partial charge in [0.05, 0.1) is 7.11 Å². The van der Waals surface area contributed by atoms with Crippen LogP contribution in [0.25, 0.3) is 5.69 Å². The number of hydrogen-bond acceptors (Lipinski definition) is 5. The Hall–Kier alpha value is -3.02. The van der Waals surface area contributed by atoms with E-state index < -0.39 is 0 Å². The van der Waals surface area contributed by atoms with Crippen LogP contribution in [-0.2, 0) is 6.42 Å². The van der Waals surface area contributed by atoms with Crippen LogP contribution in [0.15, 0.2) is 48.8 Å². The van der Waals surface area contributed by atoms with Crippen LogP contribution in [0.3, 0.4) is 0 Å². The lowest BCUT2D eigenvalue weighted by molar-refractivity contribution is 0.404. The van der Waals surface area contributed by atoms with Gasteiger partial charge in [0, 0.05) is 12.5 Å². The highest BCUT2D eigenvalue weighted by Gasteiger charge is 2.12. The van der Waals surface area contributed by atoms with Crippen molar-refractivity contribution in [1.29, 1.82) is 0 Å². The van der Waals surface area contributed by atoms with Gasteiger partial charge in [-0.15, -0.1) is 0 Å². The van der Waals surface area contributed by atoms with E-state index in [0.29, 0.717) is 17.9 Å². The van der Waals surface area contributed by atoms with E-state index in [9.17, 15) is 10.2 Å². The average Bonchev–Trinajstić information content (AvgIpc) is 2.97. The van der Waals surface area contributed by atoms with Crippen molar-refractivity contribution in [3.8, 4) is 22.9 Å². The smallest absolute Gasteiger partial charge is 0.148 e. The van der Waals surface area contributed by atoms with E-state index >= 15 is 0 Å². The number of nitrogens with zero attached hydrogens (tertiary/aromatic N) is 3. The molecule has 0 amide bonds. The van der Waals surface area contributed by atoms with Crippen molar-refractivity contribution < 1.29 is 14.9 Å². The molecule has 0 saturated carbocycles. The summed E-state index contributed by atoms with van der Waals surface area (Å²) in [5, 5.41) is 23.1. The van der Waals surface area contributed by atoms with Crippen molar-refractivity contribution in [3.63, 3.8) is 0 Å². The Labute approximate surface area is 127 Å². The normalized spacial score (nSPS) is 10.6. The minimum atomic E-state index is 0.126. The molecule has 1 aromatic heterocycles. The van der Waals surface area contributed by atoms with Crippen LogP contribution in [0, 0.1) is 0 Å². The first kappa shape index (κ1) is 13.9. The summed E-state index contributed by atoms with van der Waals surface area (Å²) in [6, 6.07) is 11.8. The quantitative estimate of drug-likeness (QED) is 0.772. The van der Waals surface area contributed by atoms with Crippen LogP contribution >= 0.6 is 0 Å². The molecule has 0 saturated heterocycles. The topological polar surface area (TPSA) is 80.4 Å². The van der Waals surface area contributed by atoms with Crippen molar-refractivity contribution in [2.45, 2.75) is 6.42 Å². The van der Waals surface area contributed by atoms with Crippen molar-refractivity contribution >= 4 is 0 Å². The number of benzene rings is 2. The van der Waals surface area contributed by atoms with E-state index in [2.05, 4.69) is 10.1 Å². The molecule has 0 unspecified atom stereocenters. The predicted octanol–water partition coefficient (Wildman–Crippen LogP) is 2.28. The highest BCUT2D eigenvalue weighted by molar-refractivity contribution is 5.50. The maximum Gasteiger partial charge on any atom is 0.148 e. The largest absolute Gasteiger partial charge is 0.508 e. The predicted molar refractivity (Wildman–Crippen MR) is 80.5 cm³/mol. The molecule has 0 fully saturated rings. The summed E-state index contributed by atoms with van der Waals surface area (Å²) < 4.78 is 6.96. The summed E-state index contributed by atoms with van der Waals surface area (Å²) in [5.74, 6) is 1.60. The fourth-order valence-electron chi connectivity index (χ4n) is 2.22. The Morgan fingerprint density at radius 2 is 1.77 bits per heavy atom. The Morgan fingerprint density at radius 1 is 1.05 bits per heavy atom. The maximum atomic E-state index is 9.55. The van der Waals surface area contributed by atoms with E-state index in [0.717, 1.165) is 11.4 Å². The fourth-order valence-corrected chi connectivity index (χ4v) is 2.22. The molecule has 0 bridgehead atoms. The zero-order valence-corrected chi connectivity index (χ0v) is 12.0. The molecule has 0 aliphatic carbocycles. The van der Waals surface area contributed by atoms with E-state index in [-0.39, 0.29) is 11.5 Å². The molecule has 22 heavy (non-hydrogen) atoms. The van der Waals surface area contributed by atoms with Gasteiger partial charge in [-0.1, -0.05) is 12.1 Å². The first-order valence-electron chi connectivity index (χ1n) is 6.71. The third-order valence-corrected chi connectivity index (χ3v) is 3.31. The van der Waals surface area contributed by atoms with Gasteiger partial charge in [0.25, 0.3) is 0 Å². The van der Waals surface area contributed by atoms with Crippen LogP contribution < -0.4 is 4.74 Å². The van der Waals surface area contributed by atoms with Gasteiger partial charge in [-0.05, 0) is 29.8 Å². The van der Waals surface area contributed by atoms with E-state index in [4.69, 9.17) is 4.74 Å². The molecule has 112 valence electrons. The molecule has 0 atom stereocenters. The van der Waals surface area contributed by atoms with E-state index in [1.54, 1.807) is 28.9 Å². The van der Waals surface area contributed by atoms with E-state index in [1.807, 2.05) is 12.1 Å². The number of aromatic hydroxyl groups is 2. The van der Waals surface area contributed by atoms with Crippen LogP contribution in [0.4, 0.5) is 0 Å². The van der Waals surface area contributed by atoms with Crippen LogP contribution in [0.2, 0.25) is 0 Å². The number of methoxy groups -OCH3 is 1. The standard InChI is InChI=1S/C16H15N3O3/c1-22-15-9-13(21)6-7-14(15)19-16(17-10-18-19)8-11-2-4-12(20)5-3-11/h2-7,9-10,20-21H,8H2,1H3. The molecule has 2 N–H and O–H groups in total. The molecule has 0 radical (unpaired) electrons. The lowest BCUT2D eigenvalue weighted by Gasteiger charge is -2.11. The Balaban J connectivity index is 1.97. The summed E-state index contributed by atoms with van der Waals surface area (Å²) >= 11 is 0. The highest BCUT2D eigenvalue weighted by Crippen LogP contribution is 2.27. The first-order valence-corrected chi connectivity index (χ1v) is 6.71. The maximum absolute atomic E-state index is 9.55. The molecule has 6 heteroatoms. The van der Waals surface area contributed by atoms with Gasteiger partial charge in [0.1, 0.15) is 35.1 Å². The van der Waals surface area contributed by atoms with Gasteiger partial charge in [0.15, 0.2) is 0 Å². The molecule has 0 aliphatic heterocycles. The summed E-state index contributed by atoms with van der Waals surface area (Å²) in [6.45, 7) is 0. The Morgan fingerprint density at radius 3 is 2.50 bits per heavy atom. The van der Waals surface area contributed by atoms with Crippen LogP contribution in [0.5, 0.6) is 17.2 Å². The van der Waals surface area contributed by atoms with Crippen molar-refractivity contribution in [2.75, 3.05) is 7.11 Å².